The Balaban J connectivity index is 1.68. The van der Waals surface area contributed by atoms with Gasteiger partial charge in [0.15, 0.2) is 0 Å². The molecule has 4 rings (SSSR count). The second-order valence-corrected chi connectivity index (χ2v) is 6.63. The topological polar surface area (TPSA) is 82.4 Å². The van der Waals surface area contributed by atoms with Crippen LogP contribution < -0.4 is 10.6 Å². The number of rotatable bonds is 5. The van der Waals surface area contributed by atoms with E-state index < -0.39 is 0 Å². The molecular formula is C20H21N5O. The van der Waals surface area contributed by atoms with Crippen LogP contribution in [0, 0.1) is 0 Å². The van der Waals surface area contributed by atoms with E-state index in [0.29, 0.717) is 29.6 Å². The molecule has 0 bridgehead atoms. The summed E-state index contributed by atoms with van der Waals surface area (Å²) in [6.45, 7) is 4.72. The first-order valence-corrected chi connectivity index (χ1v) is 8.69. The molecule has 1 saturated carbocycles. The molecule has 26 heavy (non-hydrogen) atoms. The predicted octanol–water partition coefficient (Wildman–Crippen LogP) is 2.68. The van der Waals surface area contributed by atoms with Crippen molar-refractivity contribution >= 4 is 11.5 Å². The summed E-state index contributed by atoms with van der Waals surface area (Å²) in [6.07, 6.45) is 7.82. The number of aromatic nitrogens is 2. The standard InChI is InChI=1S/C20H21N5O/c1-12-7-17(15-10-22-19(23-11-15)14-4-5-14)25-20(24-12)16-8-13(9-21-2)3-6-18(16)26/h3,6-8,10-11,14,21,26H,1,4-5,9H2,2H3,(H,24,25). The molecule has 6 nitrogen and oxygen atoms in total. The lowest BCUT2D eigenvalue weighted by atomic mass is 10.1. The minimum absolute atomic E-state index is 0.172. The Morgan fingerprint density at radius 3 is 2.73 bits per heavy atom. The van der Waals surface area contributed by atoms with Crippen molar-refractivity contribution in [2.24, 2.45) is 4.99 Å². The summed E-state index contributed by atoms with van der Waals surface area (Å²) >= 11 is 0. The van der Waals surface area contributed by atoms with Gasteiger partial charge in [-0.15, -0.1) is 0 Å². The van der Waals surface area contributed by atoms with Crippen LogP contribution in [0.3, 0.4) is 0 Å². The van der Waals surface area contributed by atoms with E-state index in [9.17, 15) is 5.11 Å². The van der Waals surface area contributed by atoms with Crippen molar-refractivity contribution in [1.82, 2.24) is 20.6 Å². The van der Waals surface area contributed by atoms with Crippen LogP contribution >= 0.6 is 0 Å². The Bertz CT molecular complexity index is 910. The third kappa shape index (κ3) is 3.36. The van der Waals surface area contributed by atoms with E-state index in [-0.39, 0.29) is 5.75 Å². The van der Waals surface area contributed by atoms with Crippen molar-refractivity contribution in [2.75, 3.05) is 7.05 Å². The maximum atomic E-state index is 10.3. The van der Waals surface area contributed by atoms with Crippen molar-refractivity contribution in [3.63, 3.8) is 0 Å². The van der Waals surface area contributed by atoms with Crippen molar-refractivity contribution in [1.29, 1.82) is 0 Å². The number of aromatic hydroxyl groups is 1. The first-order chi connectivity index (χ1) is 12.6. The lowest BCUT2D eigenvalue weighted by Crippen LogP contribution is -2.26. The Hall–Kier alpha value is -2.99. The van der Waals surface area contributed by atoms with Crippen molar-refractivity contribution < 1.29 is 5.11 Å². The molecule has 0 spiro atoms. The average molecular weight is 347 g/mol. The molecule has 2 aromatic rings. The fourth-order valence-corrected chi connectivity index (χ4v) is 2.92. The summed E-state index contributed by atoms with van der Waals surface area (Å²) in [5.74, 6) is 2.16. The molecule has 2 aliphatic rings. The van der Waals surface area contributed by atoms with Crippen molar-refractivity contribution in [2.45, 2.75) is 25.3 Å². The highest BCUT2D eigenvalue weighted by molar-refractivity contribution is 6.06. The van der Waals surface area contributed by atoms with Gasteiger partial charge < -0.3 is 15.7 Å². The SMILES string of the molecule is C=C1C=C(c2cnc(C3CC3)nc2)N=C(c2cc(CNC)ccc2O)N1. The largest absolute Gasteiger partial charge is 0.507 e. The zero-order valence-electron chi connectivity index (χ0n) is 14.7. The third-order valence-electron chi connectivity index (χ3n) is 4.43. The highest BCUT2D eigenvalue weighted by Gasteiger charge is 2.26. The molecule has 6 heteroatoms. The summed E-state index contributed by atoms with van der Waals surface area (Å²) in [5.41, 5.74) is 3.96. The summed E-state index contributed by atoms with van der Waals surface area (Å²) in [6, 6.07) is 5.48. The van der Waals surface area contributed by atoms with E-state index in [1.807, 2.05) is 37.7 Å². The van der Waals surface area contributed by atoms with Gasteiger partial charge in [0.25, 0.3) is 0 Å². The van der Waals surface area contributed by atoms with Crippen LogP contribution in [-0.2, 0) is 6.54 Å². The number of aliphatic imine (C=N–C) groups is 1. The zero-order chi connectivity index (χ0) is 18.1. The minimum Gasteiger partial charge on any atom is -0.507 e. The van der Waals surface area contributed by atoms with E-state index in [2.05, 4.69) is 32.2 Å². The number of allylic oxidation sites excluding steroid dienone is 1. The van der Waals surface area contributed by atoms with Crippen LogP contribution in [0.25, 0.3) is 5.70 Å². The van der Waals surface area contributed by atoms with Gasteiger partial charge in [0, 0.05) is 36.1 Å². The predicted molar refractivity (Wildman–Crippen MR) is 102 cm³/mol. The van der Waals surface area contributed by atoms with Gasteiger partial charge in [-0.1, -0.05) is 12.6 Å². The molecule has 0 saturated heterocycles. The lowest BCUT2D eigenvalue weighted by molar-refractivity contribution is 0.473. The molecule has 1 aliphatic heterocycles. The molecule has 0 unspecified atom stereocenters. The van der Waals surface area contributed by atoms with Gasteiger partial charge in [-0.25, -0.2) is 15.0 Å². The molecule has 2 heterocycles. The quantitative estimate of drug-likeness (QED) is 0.775. The number of phenolic OH excluding ortho intramolecular Hbond substituents is 1. The molecule has 1 fully saturated rings. The molecule has 0 atom stereocenters. The zero-order valence-corrected chi connectivity index (χ0v) is 14.7. The third-order valence-corrected chi connectivity index (χ3v) is 4.43. The van der Waals surface area contributed by atoms with Crippen LogP contribution in [-0.4, -0.2) is 28.0 Å². The molecule has 132 valence electrons. The molecule has 1 aromatic heterocycles. The summed E-state index contributed by atoms with van der Waals surface area (Å²) in [5, 5.41) is 16.5. The highest BCUT2D eigenvalue weighted by Crippen LogP contribution is 2.38. The second-order valence-electron chi connectivity index (χ2n) is 6.63. The number of nitrogens with zero attached hydrogens (tertiary/aromatic N) is 3. The summed E-state index contributed by atoms with van der Waals surface area (Å²) in [7, 11) is 1.89. The summed E-state index contributed by atoms with van der Waals surface area (Å²) < 4.78 is 0. The molecule has 0 radical (unpaired) electrons. The van der Waals surface area contributed by atoms with Gasteiger partial charge in [0.2, 0.25) is 0 Å². The second kappa shape index (κ2) is 6.72. The smallest absolute Gasteiger partial charge is 0.142 e. The van der Waals surface area contributed by atoms with E-state index in [1.165, 1.54) is 12.8 Å². The molecule has 1 aliphatic carbocycles. The Morgan fingerprint density at radius 2 is 2.04 bits per heavy atom. The van der Waals surface area contributed by atoms with E-state index >= 15 is 0 Å². The van der Waals surface area contributed by atoms with E-state index in [0.717, 1.165) is 22.6 Å². The van der Waals surface area contributed by atoms with Crippen LogP contribution in [0.2, 0.25) is 0 Å². The van der Waals surface area contributed by atoms with Crippen molar-refractivity contribution in [3.8, 4) is 5.75 Å². The van der Waals surface area contributed by atoms with Gasteiger partial charge in [0.1, 0.15) is 17.4 Å². The fraction of sp³-hybridized carbons (Fsp3) is 0.250. The molecule has 1 aromatic carbocycles. The maximum absolute atomic E-state index is 10.3. The normalized spacial score (nSPS) is 16.7. The van der Waals surface area contributed by atoms with Crippen LogP contribution in [0.5, 0.6) is 5.75 Å². The Morgan fingerprint density at radius 1 is 1.27 bits per heavy atom. The highest BCUT2D eigenvalue weighted by atomic mass is 16.3. The Labute approximate surface area is 152 Å². The van der Waals surface area contributed by atoms with Gasteiger partial charge in [-0.05, 0) is 43.7 Å². The van der Waals surface area contributed by atoms with Crippen LogP contribution in [0.4, 0.5) is 0 Å². The first-order valence-electron chi connectivity index (χ1n) is 8.69. The fourth-order valence-electron chi connectivity index (χ4n) is 2.92. The van der Waals surface area contributed by atoms with Gasteiger partial charge in [-0.2, -0.15) is 0 Å². The van der Waals surface area contributed by atoms with E-state index in [1.54, 1.807) is 6.07 Å². The lowest BCUT2D eigenvalue weighted by Gasteiger charge is -2.18. The number of phenols is 1. The van der Waals surface area contributed by atoms with Crippen LogP contribution in [0.1, 0.15) is 41.3 Å². The minimum atomic E-state index is 0.172. The number of hydrogen-bond acceptors (Lipinski definition) is 6. The van der Waals surface area contributed by atoms with Crippen molar-refractivity contribution in [3.05, 3.63) is 71.5 Å². The number of nitrogens with one attached hydrogen (secondary N) is 2. The number of amidine groups is 1. The maximum Gasteiger partial charge on any atom is 0.142 e. The van der Waals surface area contributed by atoms with Crippen LogP contribution in [0.15, 0.2) is 53.9 Å². The average Bonchev–Trinajstić information content (AvgIpc) is 3.48. The molecular weight excluding hydrogens is 326 g/mol. The van der Waals surface area contributed by atoms with Gasteiger partial charge in [-0.3, -0.25) is 0 Å². The Kier molecular flexibility index (Phi) is 4.26. The van der Waals surface area contributed by atoms with E-state index in [4.69, 9.17) is 0 Å². The number of benzene rings is 1. The number of hydrogen-bond donors (Lipinski definition) is 3. The molecule has 0 amide bonds. The first kappa shape index (κ1) is 16.5. The van der Waals surface area contributed by atoms with Gasteiger partial charge in [0.05, 0.1) is 11.3 Å². The monoisotopic (exact) mass is 347 g/mol. The van der Waals surface area contributed by atoms with Gasteiger partial charge >= 0.3 is 0 Å². The summed E-state index contributed by atoms with van der Waals surface area (Å²) in [4.78, 5) is 13.6. The molecule has 3 N–H and O–H groups in total.